The monoisotopic (exact) mass is 405 g/mol. The number of halogens is 2. The first-order valence-corrected chi connectivity index (χ1v) is 9.22. The van der Waals surface area contributed by atoms with E-state index in [1.165, 1.54) is 6.20 Å². The van der Waals surface area contributed by atoms with E-state index in [0.29, 0.717) is 38.4 Å². The first kappa shape index (κ1) is 18.3. The van der Waals surface area contributed by atoms with Gasteiger partial charge in [0, 0.05) is 33.6 Å². The second-order valence-electron chi connectivity index (χ2n) is 6.01. The van der Waals surface area contributed by atoms with Crippen molar-refractivity contribution in [2.24, 2.45) is 0 Å². The summed E-state index contributed by atoms with van der Waals surface area (Å²) >= 11 is 12.0. The highest BCUT2D eigenvalue weighted by Crippen LogP contribution is 2.27. The van der Waals surface area contributed by atoms with Gasteiger partial charge in [-0.2, -0.15) is 0 Å². The van der Waals surface area contributed by atoms with E-state index in [-0.39, 0.29) is 5.78 Å². The number of pyridine rings is 1. The fraction of sp³-hybridized carbons (Fsp3) is 0. The van der Waals surface area contributed by atoms with Crippen molar-refractivity contribution in [1.29, 1.82) is 0 Å². The topological polar surface area (TPSA) is 55.7 Å². The number of hydrogen-bond donors (Lipinski definition) is 0. The molecule has 0 saturated carbocycles. The van der Waals surface area contributed by atoms with Crippen LogP contribution in [0.4, 0.5) is 0 Å². The van der Waals surface area contributed by atoms with Crippen LogP contribution in [0.25, 0.3) is 22.8 Å². The smallest absolute Gasteiger partial charge is 0.196 e. The van der Waals surface area contributed by atoms with E-state index in [4.69, 9.17) is 23.2 Å². The molecule has 2 aromatic heterocycles. The molecule has 0 N–H and O–H groups in total. The fourth-order valence-corrected chi connectivity index (χ4v) is 3.00. The molecule has 4 rings (SSSR count). The van der Waals surface area contributed by atoms with Gasteiger partial charge < -0.3 is 0 Å². The van der Waals surface area contributed by atoms with Crippen LogP contribution >= 0.6 is 23.2 Å². The average molecular weight is 406 g/mol. The van der Waals surface area contributed by atoms with E-state index >= 15 is 0 Å². The molecule has 0 unspecified atom stereocenters. The van der Waals surface area contributed by atoms with Crippen molar-refractivity contribution in [3.8, 4) is 22.8 Å². The van der Waals surface area contributed by atoms with Crippen molar-refractivity contribution in [1.82, 2.24) is 15.0 Å². The number of ketones is 1. The van der Waals surface area contributed by atoms with Gasteiger partial charge in [-0.1, -0.05) is 41.4 Å². The highest BCUT2D eigenvalue weighted by Gasteiger charge is 2.19. The summed E-state index contributed by atoms with van der Waals surface area (Å²) in [5.74, 6) is 0.257. The summed E-state index contributed by atoms with van der Waals surface area (Å²) in [6.45, 7) is 0. The summed E-state index contributed by atoms with van der Waals surface area (Å²) in [5, 5.41) is 1.17. The Morgan fingerprint density at radius 3 is 2.11 bits per heavy atom. The molecule has 0 aliphatic heterocycles. The third kappa shape index (κ3) is 3.79. The van der Waals surface area contributed by atoms with Crippen LogP contribution in [0.2, 0.25) is 10.0 Å². The van der Waals surface area contributed by atoms with Crippen molar-refractivity contribution in [2.75, 3.05) is 0 Å². The average Bonchev–Trinajstić information content (AvgIpc) is 2.74. The Bertz CT molecular complexity index is 1130. The maximum Gasteiger partial charge on any atom is 0.196 e. The largest absolute Gasteiger partial charge is 0.288 e. The molecule has 0 bridgehead atoms. The molecular weight excluding hydrogens is 393 g/mol. The second kappa shape index (κ2) is 7.89. The first-order valence-electron chi connectivity index (χ1n) is 8.46. The third-order valence-corrected chi connectivity index (χ3v) is 4.66. The number of nitrogens with zero attached hydrogens (tertiary/aromatic N) is 3. The standard InChI is InChI=1S/C22H13Cl2N3O/c23-16-8-4-14(5-9-16)20-18(21(28)15-6-10-17(24)11-7-15)13-26-22(27-20)19-3-1-2-12-25-19/h1-13H. The van der Waals surface area contributed by atoms with Crippen LogP contribution in [0.5, 0.6) is 0 Å². The maximum atomic E-state index is 13.1. The Labute approximate surface area is 171 Å². The van der Waals surface area contributed by atoms with E-state index in [1.807, 2.05) is 30.3 Å². The molecule has 2 aromatic carbocycles. The SMILES string of the molecule is O=C(c1ccc(Cl)cc1)c1cnc(-c2ccccn2)nc1-c1ccc(Cl)cc1. The third-order valence-electron chi connectivity index (χ3n) is 4.15. The van der Waals surface area contributed by atoms with Crippen LogP contribution in [-0.2, 0) is 0 Å². The van der Waals surface area contributed by atoms with E-state index in [0.717, 1.165) is 5.56 Å². The van der Waals surface area contributed by atoms with Crippen molar-refractivity contribution in [2.45, 2.75) is 0 Å². The number of carbonyl (C=O) groups is 1. The minimum atomic E-state index is -0.186. The predicted molar refractivity (Wildman–Crippen MR) is 111 cm³/mol. The molecular formula is C22H13Cl2N3O. The second-order valence-corrected chi connectivity index (χ2v) is 6.89. The lowest BCUT2D eigenvalue weighted by Gasteiger charge is -2.10. The molecule has 0 aliphatic rings. The number of rotatable bonds is 4. The molecule has 4 nitrogen and oxygen atoms in total. The quantitative estimate of drug-likeness (QED) is 0.406. The summed E-state index contributed by atoms with van der Waals surface area (Å²) in [7, 11) is 0. The number of aromatic nitrogens is 3. The zero-order chi connectivity index (χ0) is 19.5. The zero-order valence-electron chi connectivity index (χ0n) is 14.5. The van der Waals surface area contributed by atoms with Gasteiger partial charge in [0.2, 0.25) is 0 Å². The van der Waals surface area contributed by atoms with Gasteiger partial charge in [-0.25, -0.2) is 9.97 Å². The van der Waals surface area contributed by atoms with Gasteiger partial charge in [-0.05, 0) is 48.5 Å². The van der Waals surface area contributed by atoms with E-state index < -0.39 is 0 Å². The molecule has 0 atom stereocenters. The van der Waals surface area contributed by atoms with Crippen molar-refractivity contribution in [3.63, 3.8) is 0 Å². The lowest BCUT2D eigenvalue weighted by Crippen LogP contribution is -2.07. The number of benzene rings is 2. The molecule has 6 heteroatoms. The Kier molecular flexibility index (Phi) is 5.15. The Balaban J connectivity index is 1.86. The summed E-state index contributed by atoms with van der Waals surface area (Å²) in [6, 6.07) is 19.4. The van der Waals surface area contributed by atoms with E-state index in [1.54, 1.807) is 42.6 Å². The van der Waals surface area contributed by atoms with Gasteiger partial charge in [0.15, 0.2) is 11.6 Å². The maximum absolute atomic E-state index is 13.1. The van der Waals surface area contributed by atoms with Crippen molar-refractivity contribution in [3.05, 3.63) is 100 Å². The van der Waals surface area contributed by atoms with Gasteiger partial charge in [0.05, 0.1) is 11.3 Å². The van der Waals surface area contributed by atoms with Crippen LogP contribution in [0.15, 0.2) is 79.1 Å². The zero-order valence-corrected chi connectivity index (χ0v) is 16.0. The molecule has 2 heterocycles. The molecule has 0 amide bonds. The molecule has 28 heavy (non-hydrogen) atoms. The van der Waals surface area contributed by atoms with Gasteiger partial charge in [0.1, 0.15) is 5.69 Å². The van der Waals surface area contributed by atoms with Crippen LogP contribution in [0.1, 0.15) is 15.9 Å². The summed E-state index contributed by atoms with van der Waals surface area (Å²) in [6.07, 6.45) is 3.21. The van der Waals surface area contributed by atoms with Crippen LogP contribution in [-0.4, -0.2) is 20.7 Å². The molecule has 0 fully saturated rings. The molecule has 0 spiro atoms. The number of carbonyl (C=O) groups excluding carboxylic acids is 1. The Morgan fingerprint density at radius 1 is 0.786 bits per heavy atom. The summed E-state index contributed by atoms with van der Waals surface area (Å²) in [4.78, 5) is 26.4. The van der Waals surface area contributed by atoms with Crippen LogP contribution in [0, 0.1) is 0 Å². The lowest BCUT2D eigenvalue weighted by atomic mass is 9.99. The summed E-state index contributed by atoms with van der Waals surface area (Å²) < 4.78 is 0. The Morgan fingerprint density at radius 2 is 1.46 bits per heavy atom. The van der Waals surface area contributed by atoms with Gasteiger partial charge in [-0.3, -0.25) is 9.78 Å². The Hall–Kier alpha value is -3.08. The van der Waals surface area contributed by atoms with Crippen molar-refractivity contribution >= 4 is 29.0 Å². The lowest BCUT2D eigenvalue weighted by molar-refractivity contribution is 0.103. The molecule has 136 valence electrons. The molecule has 0 radical (unpaired) electrons. The van der Waals surface area contributed by atoms with Gasteiger partial charge >= 0.3 is 0 Å². The highest BCUT2D eigenvalue weighted by atomic mass is 35.5. The highest BCUT2D eigenvalue weighted by molar-refractivity contribution is 6.31. The normalized spacial score (nSPS) is 10.6. The van der Waals surface area contributed by atoms with E-state index in [9.17, 15) is 4.79 Å². The van der Waals surface area contributed by atoms with Crippen molar-refractivity contribution < 1.29 is 4.79 Å². The summed E-state index contributed by atoms with van der Waals surface area (Å²) in [5.41, 5.74) is 2.81. The molecule has 0 saturated heterocycles. The van der Waals surface area contributed by atoms with Gasteiger partial charge in [-0.15, -0.1) is 0 Å². The van der Waals surface area contributed by atoms with Crippen LogP contribution in [0.3, 0.4) is 0 Å². The molecule has 0 aliphatic carbocycles. The fourth-order valence-electron chi connectivity index (χ4n) is 2.75. The predicted octanol–water partition coefficient (Wildman–Crippen LogP) is 5.74. The minimum Gasteiger partial charge on any atom is -0.288 e. The van der Waals surface area contributed by atoms with Crippen LogP contribution < -0.4 is 0 Å². The number of hydrogen-bond acceptors (Lipinski definition) is 4. The molecule has 4 aromatic rings. The minimum absolute atomic E-state index is 0.186. The van der Waals surface area contributed by atoms with E-state index in [2.05, 4.69) is 15.0 Å². The van der Waals surface area contributed by atoms with Gasteiger partial charge in [0.25, 0.3) is 0 Å². The first-order chi connectivity index (χ1) is 13.6.